The van der Waals surface area contributed by atoms with Crippen molar-refractivity contribution in [2.75, 3.05) is 6.61 Å². The second kappa shape index (κ2) is 13.7. The fourth-order valence-corrected chi connectivity index (χ4v) is 5.14. The molecule has 0 unspecified atom stereocenters. The van der Waals surface area contributed by atoms with Crippen LogP contribution in [0.3, 0.4) is 0 Å². The Kier molecular flexibility index (Phi) is 10.0. The van der Waals surface area contributed by atoms with Gasteiger partial charge in [-0.3, -0.25) is 9.36 Å². The Morgan fingerprint density at radius 1 is 0.929 bits per heavy atom. The summed E-state index contributed by atoms with van der Waals surface area (Å²) in [5.74, 6) is 0.558. The highest BCUT2D eigenvalue weighted by Crippen LogP contribution is 2.28. The normalized spacial score (nSPS) is 11.5. The first-order chi connectivity index (χ1) is 20.1. The van der Waals surface area contributed by atoms with Crippen molar-refractivity contribution in [1.82, 2.24) is 14.3 Å². The van der Waals surface area contributed by atoms with Crippen LogP contribution in [0.15, 0.2) is 71.5 Å². The number of carboxylic acid groups (broad SMARTS) is 1. The molecule has 0 aliphatic heterocycles. The summed E-state index contributed by atoms with van der Waals surface area (Å²) in [6.45, 7) is 12.2. The third kappa shape index (κ3) is 7.78. The molecule has 0 spiro atoms. The maximum Gasteiger partial charge on any atom is 0.346 e. The standard InChI is InChI=1S/C35H43N3O4/c1-6-20-42-31-19-16-28(22-29(31)23-33(39)40)27-12-8-10-25(21-27)11-9-13-32-36-38(34(41)37(32)7-2)24-26-14-17-30(18-15-26)35(3,4)5/h8,10,12,14-19,21-22H,6-7,9,11,13,20,23-24H2,1-5H3,(H,39,40). The molecule has 4 aromatic rings. The van der Waals surface area contributed by atoms with Crippen molar-refractivity contribution in [2.24, 2.45) is 0 Å². The summed E-state index contributed by atoms with van der Waals surface area (Å²) in [6.07, 6.45) is 3.17. The molecular weight excluding hydrogens is 526 g/mol. The molecule has 7 nitrogen and oxygen atoms in total. The number of nitrogens with zero attached hydrogens (tertiary/aromatic N) is 3. The third-order valence-corrected chi connectivity index (χ3v) is 7.46. The van der Waals surface area contributed by atoms with E-state index >= 15 is 0 Å². The molecule has 0 aliphatic carbocycles. The van der Waals surface area contributed by atoms with Crippen LogP contribution in [0.4, 0.5) is 0 Å². The molecule has 42 heavy (non-hydrogen) atoms. The van der Waals surface area contributed by atoms with E-state index in [0.717, 1.165) is 41.8 Å². The Hall–Kier alpha value is -4.13. The molecule has 4 rings (SSSR count). The van der Waals surface area contributed by atoms with Crippen LogP contribution in [0.2, 0.25) is 0 Å². The molecule has 0 atom stereocenters. The molecular formula is C35H43N3O4. The van der Waals surface area contributed by atoms with Gasteiger partial charge in [0, 0.05) is 18.5 Å². The molecule has 7 heteroatoms. The van der Waals surface area contributed by atoms with Gasteiger partial charge in [-0.2, -0.15) is 5.10 Å². The number of aliphatic carboxylic acids is 1. The zero-order valence-electron chi connectivity index (χ0n) is 25.5. The number of hydrogen-bond donors (Lipinski definition) is 1. The predicted molar refractivity (Wildman–Crippen MR) is 167 cm³/mol. The lowest BCUT2D eigenvalue weighted by Gasteiger charge is -2.19. The third-order valence-electron chi connectivity index (χ3n) is 7.46. The molecule has 0 amide bonds. The second-order valence-corrected chi connectivity index (χ2v) is 11.8. The fourth-order valence-electron chi connectivity index (χ4n) is 5.14. The molecule has 1 N–H and O–H groups in total. The molecule has 0 radical (unpaired) electrons. The highest BCUT2D eigenvalue weighted by atomic mass is 16.5. The highest BCUT2D eigenvalue weighted by molar-refractivity contribution is 5.74. The minimum atomic E-state index is -0.881. The van der Waals surface area contributed by atoms with Crippen LogP contribution in [0.5, 0.6) is 5.75 Å². The Bertz CT molecular complexity index is 1560. The first kappa shape index (κ1) is 30.8. The molecule has 0 bridgehead atoms. The van der Waals surface area contributed by atoms with E-state index < -0.39 is 5.97 Å². The largest absolute Gasteiger partial charge is 0.493 e. The van der Waals surface area contributed by atoms with Gasteiger partial charge in [0.15, 0.2) is 0 Å². The van der Waals surface area contributed by atoms with E-state index in [9.17, 15) is 14.7 Å². The lowest BCUT2D eigenvalue weighted by Crippen LogP contribution is -2.25. The van der Waals surface area contributed by atoms with Gasteiger partial charge in [-0.25, -0.2) is 9.48 Å². The summed E-state index contributed by atoms with van der Waals surface area (Å²) >= 11 is 0. The fraction of sp³-hybridized carbons (Fsp3) is 0.400. The van der Waals surface area contributed by atoms with Gasteiger partial charge in [-0.15, -0.1) is 0 Å². The molecule has 1 aromatic heterocycles. The Balaban J connectivity index is 1.44. The van der Waals surface area contributed by atoms with Crippen LogP contribution in [0.1, 0.15) is 75.5 Å². The minimum absolute atomic E-state index is 0.0714. The summed E-state index contributed by atoms with van der Waals surface area (Å²) < 4.78 is 9.13. The van der Waals surface area contributed by atoms with E-state index in [2.05, 4.69) is 57.2 Å². The van der Waals surface area contributed by atoms with Crippen molar-refractivity contribution in [2.45, 2.75) is 85.2 Å². The Labute approximate surface area is 248 Å². The van der Waals surface area contributed by atoms with E-state index in [1.165, 1.54) is 11.1 Å². The van der Waals surface area contributed by atoms with Crippen LogP contribution in [0, 0.1) is 0 Å². The molecule has 1 heterocycles. The Morgan fingerprint density at radius 3 is 2.33 bits per heavy atom. The lowest BCUT2D eigenvalue weighted by atomic mass is 9.87. The molecule has 0 saturated heterocycles. The number of benzene rings is 3. The van der Waals surface area contributed by atoms with Crippen molar-refractivity contribution >= 4 is 5.97 Å². The van der Waals surface area contributed by atoms with Crippen molar-refractivity contribution < 1.29 is 14.6 Å². The predicted octanol–water partition coefficient (Wildman–Crippen LogP) is 6.67. The molecule has 222 valence electrons. The number of rotatable bonds is 13. The van der Waals surface area contributed by atoms with Crippen LogP contribution in [0.25, 0.3) is 11.1 Å². The average Bonchev–Trinajstić information content (AvgIpc) is 3.25. The first-order valence-electron chi connectivity index (χ1n) is 14.9. The zero-order chi connectivity index (χ0) is 30.3. The number of carbonyl (C=O) groups is 1. The first-order valence-corrected chi connectivity index (χ1v) is 14.9. The van der Waals surface area contributed by atoms with Crippen LogP contribution < -0.4 is 10.4 Å². The second-order valence-electron chi connectivity index (χ2n) is 11.8. The maximum absolute atomic E-state index is 13.1. The lowest BCUT2D eigenvalue weighted by molar-refractivity contribution is -0.136. The highest BCUT2D eigenvalue weighted by Gasteiger charge is 2.16. The molecule has 0 saturated carbocycles. The van der Waals surface area contributed by atoms with Gasteiger partial charge in [0.05, 0.1) is 19.6 Å². The number of carboxylic acids is 1. The minimum Gasteiger partial charge on any atom is -0.493 e. The number of hydrogen-bond acceptors (Lipinski definition) is 4. The maximum atomic E-state index is 13.1. The summed E-state index contributed by atoms with van der Waals surface area (Å²) in [4.78, 5) is 24.5. The van der Waals surface area contributed by atoms with Gasteiger partial charge in [0.2, 0.25) is 0 Å². The Morgan fingerprint density at radius 2 is 1.67 bits per heavy atom. The van der Waals surface area contributed by atoms with Gasteiger partial charge in [-0.1, -0.05) is 82.3 Å². The van der Waals surface area contributed by atoms with Gasteiger partial charge in [0.1, 0.15) is 11.6 Å². The van der Waals surface area contributed by atoms with E-state index in [0.29, 0.717) is 37.4 Å². The van der Waals surface area contributed by atoms with Crippen LogP contribution >= 0.6 is 0 Å². The summed E-state index contributed by atoms with van der Waals surface area (Å²) in [5, 5.41) is 14.1. The molecule has 3 aromatic carbocycles. The van der Waals surface area contributed by atoms with Gasteiger partial charge in [0.25, 0.3) is 0 Å². The van der Waals surface area contributed by atoms with Gasteiger partial charge in [-0.05, 0) is 71.6 Å². The zero-order valence-corrected chi connectivity index (χ0v) is 25.5. The quantitative estimate of drug-likeness (QED) is 0.194. The smallest absolute Gasteiger partial charge is 0.346 e. The number of aryl methyl sites for hydroxylation is 2. The van der Waals surface area contributed by atoms with E-state index in [1.54, 1.807) is 9.25 Å². The molecule has 0 aliphatic rings. The van der Waals surface area contributed by atoms with Crippen molar-refractivity contribution in [1.29, 1.82) is 0 Å². The van der Waals surface area contributed by atoms with E-state index in [1.807, 2.05) is 44.2 Å². The average molecular weight is 570 g/mol. The SMILES string of the molecule is CCCOc1ccc(-c2cccc(CCCc3nn(Cc4ccc(C(C)(C)C)cc4)c(=O)n3CC)c2)cc1CC(=O)O. The van der Waals surface area contributed by atoms with Crippen LogP contribution in [-0.2, 0) is 42.6 Å². The van der Waals surface area contributed by atoms with E-state index in [-0.39, 0.29) is 17.5 Å². The monoisotopic (exact) mass is 569 g/mol. The van der Waals surface area contributed by atoms with E-state index in [4.69, 9.17) is 9.84 Å². The van der Waals surface area contributed by atoms with Gasteiger partial charge < -0.3 is 9.84 Å². The number of ether oxygens (including phenoxy) is 1. The summed E-state index contributed by atoms with van der Waals surface area (Å²) in [5.41, 5.74) is 6.20. The summed E-state index contributed by atoms with van der Waals surface area (Å²) in [7, 11) is 0. The number of aromatic nitrogens is 3. The van der Waals surface area contributed by atoms with Crippen molar-refractivity contribution in [3.8, 4) is 16.9 Å². The molecule has 0 fully saturated rings. The van der Waals surface area contributed by atoms with Crippen molar-refractivity contribution in [3.05, 3.63) is 105 Å². The summed E-state index contributed by atoms with van der Waals surface area (Å²) in [6, 6.07) is 22.5. The topological polar surface area (TPSA) is 86.4 Å². The van der Waals surface area contributed by atoms with Crippen molar-refractivity contribution in [3.63, 3.8) is 0 Å². The van der Waals surface area contributed by atoms with Crippen LogP contribution in [-0.4, -0.2) is 32.0 Å². The van der Waals surface area contributed by atoms with Gasteiger partial charge >= 0.3 is 11.7 Å².